The maximum atomic E-state index is 11.8. The van der Waals surface area contributed by atoms with Gasteiger partial charge in [0.15, 0.2) is 0 Å². The molecule has 15 heavy (non-hydrogen) atoms. The van der Waals surface area contributed by atoms with Crippen LogP contribution >= 0.6 is 23.2 Å². The fourth-order valence-electron chi connectivity index (χ4n) is 1.05. The molecular weight excluding hydrogens is 257 g/mol. The summed E-state index contributed by atoms with van der Waals surface area (Å²) >= 11 is 11.6. The van der Waals surface area contributed by atoms with Crippen molar-refractivity contribution < 1.29 is 8.42 Å². The summed E-state index contributed by atoms with van der Waals surface area (Å²) in [6.07, 6.45) is 0.710. The van der Waals surface area contributed by atoms with Crippen LogP contribution in [0.25, 0.3) is 0 Å². The molecule has 1 rings (SSSR count). The zero-order chi connectivity index (χ0) is 11.5. The Balaban J connectivity index is 3.15. The third-order valence-electron chi connectivity index (χ3n) is 1.73. The van der Waals surface area contributed by atoms with Crippen molar-refractivity contribution in [3.63, 3.8) is 0 Å². The predicted octanol–water partition coefficient (Wildman–Crippen LogP) is 2.68. The third kappa shape index (κ3) is 3.08. The molecule has 0 atom stereocenters. The summed E-state index contributed by atoms with van der Waals surface area (Å²) in [4.78, 5) is -0.0539. The van der Waals surface area contributed by atoms with Gasteiger partial charge in [0.25, 0.3) is 0 Å². The lowest BCUT2D eigenvalue weighted by Gasteiger charge is -2.08. The summed E-state index contributed by atoms with van der Waals surface area (Å²) < 4.78 is 25.9. The Morgan fingerprint density at radius 1 is 1.27 bits per heavy atom. The highest BCUT2D eigenvalue weighted by Crippen LogP contribution is 2.28. The van der Waals surface area contributed by atoms with Crippen LogP contribution in [-0.4, -0.2) is 15.0 Å². The van der Waals surface area contributed by atoms with E-state index in [0.717, 1.165) is 0 Å². The summed E-state index contributed by atoms with van der Waals surface area (Å²) in [5.74, 6) is 0. The first-order chi connectivity index (χ1) is 6.99. The van der Waals surface area contributed by atoms with Crippen molar-refractivity contribution in [3.8, 4) is 0 Å². The van der Waals surface area contributed by atoms with Crippen LogP contribution in [0.15, 0.2) is 23.1 Å². The zero-order valence-electron chi connectivity index (χ0n) is 8.13. The predicted molar refractivity (Wildman–Crippen MR) is 61.9 cm³/mol. The van der Waals surface area contributed by atoms with Crippen LogP contribution in [0.3, 0.4) is 0 Å². The summed E-state index contributed by atoms with van der Waals surface area (Å²) in [5, 5.41) is 0.261. The van der Waals surface area contributed by atoms with Gasteiger partial charge in [0.05, 0.1) is 10.0 Å². The second-order valence-corrected chi connectivity index (χ2v) is 5.47. The van der Waals surface area contributed by atoms with Crippen molar-refractivity contribution >= 4 is 33.2 Å². The van der Waals surface area contributed by atoms with Crippen LogP contribution in [-0.2, 0) is 10.0 Å². The molecule has 84 valence electrons. The number of rotatable bonds is 4. The maximum Gasteiger partial charge on any atom is 0.243 e. The monoisotopic (exact) mass is 267 g/mol. The molecule has 0 radical (unpaired) electrons. The SMILES string of the molecule is CCCNS(=O)(=O)c1c(Cl)cccc1Cl. The molecule has 0 heterocycles. The highest BCUT2D eigenvalue weighted by molar-refractivity contribution is 7.89. The third-order valence-corrected chi connectivity index (χ3v) is 4.15. The Labute approximate surface area is 99.4 Å². The molecule has 0 aliphatic rings. The van der Waals surface area contributed by atoms with Crippen molar-refractivity contribution in [2.75, 3.05) is 6.54 Å². The summed E-state index contributed by atoms with van der Waals surface area (Å²) in [5.41, 5.74) is 0. The van der Waals surface area contributed by atoms with Gasteiger partial charge in [0.1, 0.15) is 4.90 Å². The normalized spacial score (nSPS) is 11.7. The minimum Gasteiger partial charge on any atom is -0.211 e. The van der Waals surface area contributed by atoms with Crippen LogP contribution in [0.2, 0.25) is 10.0 Å². The largest absolute Gasteiger partial charge is 0.243 e. The standard InChI is InChI=1S/C9H11Cl2NO2S/c1-2-6-12-15(13,14)9-7(10)4-3-5-8(9)11/h3-5,12H,2,6H2,1H3. The van der Waals surface area contributed by atoms with E-state index < -0.39 is 10.0 Å². The average molecular weight is 268 g/mol. The number of benzene rings is 1. The van der Waals surface area contributed by atoms with Crippen molar-refractivity contribution in [1.82, 2.24) is 4.72 Å². The quantitative estimate of drug-likeness (QED) is 0.912. The average Bonchev–Trinajstić information content (AvgIpc) is 2.14. The highest BCUT2D eigenvalue weighted by Gasteiger charge is 2.20. The molecule has 0 bridgehead atoms. The van der Waals surface area contributed by atoms with Crippen LogP contribution in [0, 0.1) is 0 Å². The van der Waals surface area contributed by atoms with E-state index in [1.165, 1.54) is 12.1 Å². The highest BCUT2D eigenvalue weighted by atomic mass is 35.5. The van der Waals surface area contributed by atoms with E-state index in [1.54, 1.807) is 6.07 Å². The Morgan fingerprint density at radius 3 is 2.27 bits per heavy atom. The van der Waals surface area contributed by atoms with Gasteiger partial charge >= 0.3 is 0 Å². The van der Waals surface area contributed by atoms with Gasteiger partial charge in [-0.3, -0.25) is 0 Å². The molecule has 0 fully saturated rings. The maximum absolute atomic E-state index is 11.8. The lowest BCUT2D eigenvalue weighted by Crippen LogP contribution is -2.24. The van der Waals surface area contributed by atoms with Crippen molar-refractivity contribution in [2.24, 2.45) is 0 Å². The second-order valence-electron chi connectivity index (χ2n) is 2.95. The van der Waals surface area contributed by atoms with Gasteiger partial charge in [-0.05, 0) is 18.6 Å². The smallest absolute Gasteiger partial charge is 0.211 e. The van der Waals surface area contributed by atoms with Gasteiger partial charge in [0, 0.05) is 6.54 Å². The van der Waals surface area contributed by atoms with Gasteiger partial charge in [-0.1, -0.05) is 36.2 Å². The van der Waals surface area contributed by atoms with Crippen LogP contribution in [0.1, 0.15) is 13.3 Å². The first kappa shape index (κ1) is 12.8. The molecule has 0 spiro atoms. The topological polar surface area (TPSA) is 46.2 Å². The van der Waals surface area contributed by atoms with Gasteiger partial charge in [-0.2, -0.15) is 0 Å². The molecule has 0 amide bonds. The molecule has 3 nitrogen and oxygen atoms in total. The lowest BCUT2D eigenvalue weighted by molar-refractivity contribution is 0.581. The van der Waals surface area contributed by atoms with Gasteiger partial charge in [-0.15, -0.1) is 0 Å². The fraction of sp³-hybridized carbons (Fsp3) is 0.333. The minimum absolute atomic E-state index is 0.0539. The molecule has 0 saturated carbocycles. The first-order valence-electron chi connectivity index (χ1n) is 4.42. The molecule has 1 aromatic carbocycles. The second kappa shape index (κ2) is 5.16. The lowest BCUT2D eigenvalue weighted by atomic mass is 10.4. The molecule has 1 N–H and O–H groups in total. The van der Waals surface area contributed by atoms with Crippen LogP contribution in [0.5, 0.6) is 0 Å². The van der Waals surface area contributed by atoms with E-state index in [4.69, 9.17) is 23.2 Å². The van der Waals surface area contributed by atoms with Gasteiger partial charge in [-0.25, -0.2) is 13.1 Å². The van der Waals surface area contributed by atoms with Crippen molar-refractivity contribution in [3.05, 3.63) is 28.2 Å². The molecule has 0 aliphatic carbocycles. The Bertz CT molecular complexity index is 425. The molecular formula is C9H11Cl2NO2S. The molecule has 0 aromatic heterocycles. The molecule has 0 aliphatic heterocycles. The van der Waals surface area contributed by atoms with Gasteiger partial charge < -0.3 is 0 Å². The van der Waals surface area contributed by atoms with Crippen LogP contribution < -0.4 is 4.72 Å². The van der Waals surface area contributed by atoms with E-state index in [-0.39, 0.29) is 14.9 Å². The van der Waals surface area contributed by atoms with Gasteiger partial charge in [0.2, 0.25) is 10.0 Å². The summed E-state index contributed by atoms with van der Waals surface area (Å²) in [6.45, 7) is 2.24. The Kier molecular flexibility index (Phi) is 4.40. The van der Waals surface area contributed by atoms with E-state index in [0.29, 0.717) is 13.0 Å². The summed E-state index contributed by atoms with van der Waals surface area (Å²) in [6, 6.07) is 4.59. The Morgan fingerprint density at radius 2 is 1.80 bits per heavy atom. The zero-order valence-corrected chi connectivity index (χ0v) is 10.5. The summed E-state index contributed by atoms with van der Waals surface area (Å²) in [7, 11) is -3.60. The number of sulfonamides is 1. The molecule has 1 aromatic rings. The van der Waals surface area contributed by atoms with E-state index in [2.05, 4.69) is 4.72 Å². The number of halogens is 2. The van der Waals surface area contributed by atoms with Crippen molar-refractivity contribution in [1.29, 1.82) is 0 Å². The number of nitrogens with one attached hydrogen (secondary N) is 1. The Hall–Kier alpha value is -0.290. The number of hydrogen-bond acceptors (Lipinski definition) is 2. The molecule has 0 saturated heterocycles. The fourth-order valence-corrected chi connectivity index (χ4v) is 3.32. The molecule has 0 unspecified atom stereocenters. The minimum atomic E-state index is -3.60. The van der Waals surface area contributed by atoms with E-state index in [9.17, 15) is 8.42 Å². The number of hydrogen-bond donors (Lipinski definition) is 1. The van der Waals surface area contributed by atoms with Crippen LogP contribution in [0.4, 0.5) is 0 Å². The van der Waals surface area contributed by atoms with Crippen molar-refractivity contribution in [2.45, 2.75) is 18.2 Å². The van der Waals surface area contributed by atoms with E-state index in [1.807, 2.05) is 6.92 Å². The first-order valence-corrected chi connectivity index (χ1v) is 6.66. The molecule has 6 heteroatoms. The van der Waals surface area contributed by atoms with E-state index >= 15 is 0 Å².